The first-order valence-electron chi connectivity index (χ1n) is 5.11. The van der Waals surface area contributed by atoms with Crippen molar-refractivity contribution in [2.75, 3.05) is 33.7 Å². The molecule has 0 aliphatic carbocycles. The van der Waals surface area contributed by atoms with E-state index in [1.165, 1.54) is 32.5 Å². The van der Waals surface area contributed by atoms with E-state index in [2.05, 4.69) is 31.2 Å². The third-order valence-corrected chi connectivity index (χ3v) is 3.09. The zero-order chi connectivity index (χ0) is 8.97. The average molecular weight is 170 g/mol. The van der Waals surface area contributed by atoms with Crippen LogP contribution >= 0.6 is 0 Å². The van der Waals surface area contributed by atoms with E-state index < -0.39 is 0 Å². The molecule has 12 heavy (non-hydrogen) atoms. The molecule has 1 aliphatic rings. The molecule has 2 atom stereocenters. The van der Waals surface area contributed by atoms with Crippen molar-refractivity contribution in [3.8, 4) is 0 Å². The first-order chi connectivity index (χ1) is 5.77. The Balaban J connectivity index is 2.33. The Hall–Kier alpha value is -0.0800. The van der Waals surface area contributed by atoms with Gasteiger partial charge in [0.15, 0.2) is 0 Å². The van der Waals surface area contributed by atoms with Crippen molar-refractivity contribution in [2.45, 2.75) is 19.8 Å². The summed E-state index contributed by atoms with van der Waals surface area (Å²) in [5.74, 6) is 1.83. The van der Waals surface area contributed by atoms with Crippen LogP contribution in [0.3, 0.4) is 0 Å². The lowest BCUT2D eigenvalue weighted by Gasteiger charge is -2.21. The summed E-state index contributed by atoms with van der Waals surface area (Å²) in [4.78, 5) is 2.45. The summed E-state index contributed by atoms with van der Waals surface area (Å²) < 4.78 is 0. The van der Waals surface area contributed by atoms with E-state index in [1.807, 2.05) is 0 Å². The Morgan fingerprint density at radius 1 is 1.58 bits per heavy atom. The molecule has 0 amide bonds. The van der Waals surface area contributed by atoms with Gasteiger partial charge in [-0.05, 0) is 45.4 Å². The lowest BCUT2D eigenvalue weighted by Crippen LogP contribution is -2.27. The van der Waals surface area contributed by atoms with Crippen LogP contribution in [-0.2, 0) is 0 Å². The van der Waals surface area contributed by atoms with Crippen LogP contribution in [0.25, 0.3) is 0 Å². The molecule has 0 aromatic heterocycles. The monoisotopic (exact) mass is 170 g/mol. The van der Waals surface area contributed by atoms with Gasteiger partial charge in [-0.1, -0.05) is 13.3 Å². The Labute approximate surface area is 76.3 Å². The molecule has 1 rings (SSSR count). The summed E-state index contributed by atoms with van der Waals surface area (Å²) in [5.41, 5.74) is 0. The van der Waals surface area contributed by atoms with Crippen molar-refractivity contribution in [3.63, 3.8) is 0 Å². The second kappa shape index (κ2) is 4.83. The van der Waals surface area contributed by atoms with E-state index in [0.29, 0.717) is 0 Å². The molecule has 2 nitrogen and oxygen atoms in total. The fourth-order valence-electron chi connectivity index (χ4n) is 2.26. The number of hydrogen-bond acceptors (Lipinski definition) is 2. The van der Waals surface area contributed by atoms with Crippen molar-refractivity contribution < 1.29 is 0 Å². The molecule has 0 aromatic carbocycles. The largest absolute Gasteiger partial charge is 0.319 e. The highest BCUT2D eigenvalue weighted by molar-refractivity contribution is 4.79. The Bertz CT molecular complexity index is 123. The predicted octanol–water partition coefficient (Wildman–Crippen LogP) is 1.18. The lowest BCUT2D eigenvalue weighted by atomic mass is 9.89. The predicted molar refractivity (Wildman–Crippen MR) is 53.3 cm³/mol. The van der Waals surface area contributed by atoms with E-state index in [-0.39, 0.29) is 0 Å². The van der Waals surface area contributed by atoms with Crippen LogP contribution in [0.5, 0.6) is 0 Å². The van der Waals surface area contributed by atoms with E-state index in [4.69, 9.17) is 0 Å². The summed E-state index contributed by atoms with van der Waals surface area (Å²) in [7, 11) is 4.29. The molecule has 0 aromatic rings. The van der Waals surface area contributed by atoms with Crippen molar-refractivity contribution >= 4 is 0 Å². The molecule has 1 heterocycles. The van der Waals surface area contributed by atoms with Crippen LogP contribution in [0.15, 0.2) is 0 Å². The quantitative estimate of drug-likeness (QED) is 0.681. The molecule has 0 saturated carbocycles. The maximum Gasteiger partial charge on any atom is 0.00102 e. The summed E-state index contributed by atoms with van der Waals surface area (Å²) in [6, 6.07) is 0. The van der Waals surface area contributed by atoms with Crippen molar-refractivity contribution in [2.24, 2.45) is 11.8 Å². The smallest absolute Gasteiger partial charge is 0.00102 e. The second-order valence-electron chi connectivity index (χ2n) is 4.04. The van der Waals surface area contributed by atoms with Gasteiger partial charge in [0.2, 0.25) is 0 Å². The highest BCUT2D eigenvalue weighted by Gasteiger charge is 2.25. The van der Waals surface area contributed by atoms with Gasteiger partial charge in [-0.3, -0.25) is 0 Å². The number of hydrogen-bond donors (Lipinski definition) is 1. The zero-order valence-electron chi connectivity index (χ0n) is 8.64. The molecule has 0 radical (unpaired) electrons. The average Bonchev–Trinajstić information content (AvgIpc) is 2.47. The zero-order valence-corrected chi connectivity index (χ0v) is 8.64. The van der Waals surface area contributed by atoms with E-state index in [9.17, 15) is 0 Å². The minimum Gasteiger partial charge on any atom is -0.319 e. The van der Waals surface area contributed by atoms with Gasteiger partial charge in [-0.15, -0.1) is 0 Å². The molecular formula is C10H22N2. The standard InChI is InChI=1S/C10H22N2/c1-4-9(7-11-2)10-5-6-12(3)8-10/h9-11H,4-8H2,1-3H3. The van der Waals surface area contributed by atoms with Gasteiger partial charge < -0.3 is 10.2 Å². The van der Waals surface area contributed by atoms with Crippen LogP contribution in [0.4, 0.5) is 0 Å². The SMILES string of the molecule is CCC(CNC)C1CCN(C)C1. The molecule has 1 N–H and O–H groups in total. The molecule has 1 saturated heterocycles. The first kappa shape index (κ1) is 10.0. The third-order valence-electron chi connectivity index (χ3n) is 3.09. The maximum atomic E-state index is 3.29. The van der Waals surface area contributed by atoms with Gasteiger partial charge in [0, 0.05) is 6.54 Å². The lowest BCUT2D eigenvalue weighted by molar-refractivity contribution is 0.305. The third kappa shape index (κ3) is 2.46. The van der Waals surface area contributed by atoms with Crippen LogP contribution < -0.4 is 5.32 Å². The minimum atomic E-state index is 0.889. The molecule has 2 unspecified atom stereocenters. The fraction of sp³-hybridized carbons (Fsp3) is 1.00. The van der Waals surface area contributed by atoms with Gasteiger partial charge in [-0.25, -0.2) is 0 Å². The van der Waals surface area contributed by atoms with Gasteiger partial charge >= 0.3 is 0 Å². The van der Waals surface area contributed by atoms with E-state index in [0.717, 1.165) is 11.8 Å². The summed E-state index contributed by atoms with van der Waals surface area (Å²) in [6.45, 7) is 6.10. The highest BCUT2D eigenvalue weighted by Crippen LogP contribution is 2.24. The number of likely N-dealkylation sites (tertiary alicyclic amines) is 1. The fourth-order valence-corrected chi connectivity index (χ4v) is 2.26. The van der Waals surface area contributed by atoms with Crippen LogP contribution in [0.1, 0.15) is 19.8 Å². The highest BCUT2D eigenvalue weighted by atomic mass is 15.1. The Kier molecular flexibility index (Phi) is 4.02. The molecule has 0 bridgehead atoms. The minimum absolute atomic E-state index is 0.889. The van der Waals surface area contributed by atoms with Crippen LogP contribution in [-0.4, -0.2) is 38.6 Å². The molecule has 0 spiro atoms. The summed E-state index contributed by atoms with van der Waals surface area (Å²) in [6.07, 6.45) is 2.72. The van der Waals surface area contributed by atoms with Gasteiger partial charge in [-0.2, -0.15) is 0 Å². The maximum absolute atomic E-state index is 3.29. The Morgan fingerprint density at radius 2 is 2.33 bits per heavy atom. The van der Waals surface area contributed by atoms with E-state index >= 15 is 0 Å². The number of nitrogens with zero attached hydrogens (tertiary/aromatic N) is 1. The van der Waals surface area contributed by atoms with Crippen LogP contribution in [0, 0.1) is 11.8 Å². The van der Waals surface area contributed by atoms with Crippen molar-refractivity contribution in [1.82, 2.24) is 10.2 Å². The molecule has 2 heteroatoms. The van der Waals surface area contributed by atoms with Crippen molar-refractivity contribution in [1.29, 1.82) is 0 Å². The number of rotatable bonds is 4. The Morgan fingerprint density at radius 3 is 2.75 bits per heavy atom. The summed E-state index contributed by atoms with van der Waals surface area (Å²) in [5, 5.41) is 3.29. The van der Waals surface area contributed by atoms with Gasteiger partial charge in [0.25, 0.3) is 0 Å². The normalized spacial score (nSPS) is 27.8. The molecule has 72 valence electrons. The first-order valence-corrected chi connectivity index (χ1v) is 5.11. The molecular weight excluding hydrogens is 148 g/mol. The van der Waals surface area contributed by atoms with Crippen LogP contribution in [0.2, 0.25) is 0 Å². The van der Waals surface area contributed by atoms with Gasteiger partial charge in [0.05, 0.1) is 0 Å². The van der Waals surface area contributed by atoms with Gasteiger partial charge in [0.1, 0.15) is 0 Å². The molecule has 1 aliphatic heterocycles. The van der Waals surface area contributed by atoms with E-state index in [1.54, 1.807) is 0 Å². The number of nitrogens with one attached hydrogen (secondary N) is 1. The molecule has 1 fully saturated rings. The summed E-state index contributed by atoms with van der Waals surface area (Å²) >= 11 is 0. The second-order valence-corrected chi connectivity index (χ2v) is 4.04. The topological polar surface area (TPSA) is 15.3 Å². The van der Waals surface area contributed by atoms with Crippen molar-refractivity contribution in [3.05, 3.63) is 0 Å².